The highest BCUT2D eigenvalue weighted by Gasteiger charge is 2.13. The molecular formula is C17H15N3O3S. The maximum Gasteiger partial charge on any atom is 0.310 e. The summed E-state index contributed by atoms with van der Waals surface area (Å²) in [7, 11) is 0. The van der Waals surface area contributed by atoms with E-state index in [1.165, 1.54) is 17.8 Å². The summed E-state index contributed by atoms with van der Waals surface area (Å²) in [6.45, 7) is 0.358. The molecule has 3 aromatic rings. The summed E-state index contributed by atoms with van der Waals surface area (Å²) in [4.78, 5) is 18.0. The van der Waals surface area contributed by atoms with E-state index < -0.39 is 4.92 Å². The lowest BCUT2D eigenvalue weighted by Crippen LogP contribution is -2.02. The van der Waals surface area contributed by atoms with Gasteiger partial charge in [-0.15, -0.1) is 0 Å². The molecule has 122 valence electrons. The Balaban J connectivity index is 1.53. The molecule has 3 rings (SSSR count). The predicted octanol–water partition coefficient (Wildman–Crippen LogP) is 4.16. The minimum atomic E-state index is -0.443. The van der Waals surface area contributed by atoms with Gasteiger partial charge in [-0.1, -0.05) is 54.2 Å². The summed E-state index contributed by atoms with van der Waals surface area (Å²) < 4.78 is 5.51. The van der Waals surface area contributed by atoms with Crippen LogP contribution in [0, 0.1) is 10.1 Å². The molecule has 2 aromatic carbocycles. The van der Waals surface area contributed by atoms with E-state index in [4.69, 9.17) is 4.74 Å². The van der Waals surface area contributed by atoms with Gasteiger partial charge in [0, 0.05) is 11.8 Å². The topological polar surface area (TPSA) is 81.1 Å². The van der Waals surface area contributed by atoms with E-state index in [-0.39, 0.29) is 11.4 Å². The maximum atomic E-state index is 10.9. The van der Waals surface area contributed by atoms with E-state index in [0.29, 0.717) is 12.4 Å². The first-order valence-electron chi connectivity index (χ1n) is 7.33. The van der Waals surface area contributed by atoms with Crippen molar-refractivity contribution in [3.63, 3.8) is 0 Å². The second kappa shape index (κ2) is 7.65. The Bertz CT molecular complexity index is 821. The minimum Gasteiger partial charge on any atom is -0.486 e. The van der Waals surface area contributed by atoms with Crippen LogP contribution >= 0.6 is 11.8 Å². The molecule has 0 spiro atoms. The zero-order valence-electron chi connectivity index (χ0n) is 12.7. The lowest BCUT2D eigenvalue weighted by atomic mass is 10.2. The Labute approximate surface area is 143 Å². The van der Waals surface area contributed by atoms with Crippen LogP contribution < -0.4 is 4.74 Å². The number of thioether (sulfide) groups is 1. The van der Waals surface area contributed by atoms with Crippen LogP contribution in [-0.4, -0.2) is 27.3 Å². The summed E-state index contributed by atoms with van der Waals surface area (Å²) in [6.07, 6.45) is 1.79. The fourth-order valence-electron chi connectivity index (χ4n) is 2.16. The van der Waals surface area contributed by atoms with Gasteiger partial charge < -0.3 is 9.72 Å². The number of aromatic nitrogens is 2. The Hall–Kier alpha value is -2.80. The van der Waals surface area contributed by atoms with Gasteiger partial charge in [-0.25, -0.2) is 4.98 Å². The van der Waals surface area contributed by atoms with Gasteiger partial charge in [-0.3, -0.25) is 10.1 Å². The second-order valence-electron chi connectivity index (χ2n) is 4.89. The van der Waals surface area contributed by atoms with Crippen LogP contribution in [0.15, 0.2) is 66.0 Å². The number of hydrogen-bond donors (Lipinski definition) is 1. The average Bonchev–Trinajstić information content (AvgIpc) is 3.09. The number of ether oxygens (including phenoxy) is 1. The number of nitrogens with zero attached hydrogens (tertiary/aromatic N) is 2. The number of nitro benzene ring substituents is 1. The number of hydrogen-bond acceptors (Lipinski definition) is 5. The number of aromatic amines is 1. The van der Waals surface area contributed by atoms with E-state index in [1.54, 1.807) is 24.4 Å². The molecule has 0 amide bonds. The smallest absolute Gasteiger partial charge is 0.310 e. The zero-order valence-corrected chi connectivity index (χ0v) is 13.5. The first-order chi connectivity index (χ1) is 11.7. The Morgan fingerprint density at radius 3 is 2.67 bits per heavy atom. The largest absolute Gasteiger partial charge is 0.486 e. The van der Waals surface area contributed by atoms with E-state index in [9.17, 15) is 10.1 Å². The third-order valence-electron chi connectivity index (χ3n) is 3.28. The van der Waals surface area contributed by atoms with Crippen LogP contribution in [-0.2, 0) is 0 Å². The molecule has 0 aliphatic carbocycles. The molecule has 1 N–H and O–H groups in total. The van der Waals surface area contributed by atoms with Gasteiger partial charge in [-0.2, -0.15) is 0 Å². The number of H-pyrrole nitrogens is 1. The summed E-state index contributed by atoms with van der Waals surface area (Å²) in [6, 6.07) is 16.3. The molecule has 1 heterocycles. The standard InChI is InChI=1S/C17H15N3O3S/c21-20(22)15-8-4-5-9-16(15)23-10-11-24-17-18-12-14(19-17)13-6-2-1-3-7-13/h1-9,12H,10-11H2,(H,18,19). The maximum absolute atomic E-state index is 10.9. The Morgan fingerprint density at radius 2 is 1.88 bits per heavy atom. The predicted molar refractivity (Wildman–Crippen MR) is 93.3 cm³/mol. The summed E-state index contributed by atoms with van der Waals surface area (Å²) in [5.74, 6) is 0.917. The van der Waals surface area contributed by atoms with Crippen molar-refractivity contribution in [2.24, 2.45) is 0 Å². The van der Waals surface area contributed by atoms with Gasteiger partial charge in [0.2, 0.25) is 0 Å². The van der Waals surface area contributed by atoms with Crippen molar-refractivity contribution in [3.05, 3.63) is 70.9 Å². The fourth-order valence-corrected chi connectivity index (χ4v) is 2.83. The van der Waals surface area contributed by atoms with Gasteiger partial charge in [0.1, 0.15) is 0 Å². The van der Waals surface area contributed by atoms with Crippen LogP contribution in [0.5, 0.6) is 5.75 Å². The van der Waals surface area contributed by atoms with E-state index >= 15 is 0 Å². The first-order valence-corrected chi connectivity index (χ1v) is 8.32. The molecule has 0 saturated carbocycles. The normalized spacial score (nSPS) is 10.5. The number of imidazole rings is 1. The lowest BCUT2D eigenvalue weighted by Gasteiger charge is -2.05. The van der Waals surface area contributed by atoms with Crippen LogP contribution in [0.2, 0.25) is 0 Å². The molecule has 0 bridgehead atoms. The zero-order chi connectivity index (χ0) is 16.8. The number of rotatable bonds is 7. The molecule has 0 radical (unpaired) electrons. The van der Waals surface area contributed by atoms with Crippen molar-refractivity contribution in [1.29, 1.82) is 0 Å². The van der Waals surface area contributed by atoms with Crippen molar-refractivity contribution in [1.82, 2.24) is 9.97 Å². The van der Waals surface area contributed by atoms with Crippen LogP contribution in [0.25, 0.3) is 11.3 Å². The van der Waals surface area contributed by atoms with Crippen molar-refractivity contribution in [2.45, 2.75) is 5.16 Å². The Kier molecular flexibility index (Phi) is 5.12. The van der Waals surface area contributed by atoms with Crippen LogP contribution in [0.1, 0.15) is 0 Å². The number of nitro groups is 1. The monoisotopic (exact) mass is 341 g/mol. The molecule has 0 aliphatic heterocycles. The van der Waals surface area contributed by atoms with E-state index in [2.05, 4.69) is 9.97 Å². The molecule has 6 nitrogen and oxygen atoms in total. The van der Waals surface area contributed by atoms with Crippen molar-refractivity contribution < 1.29 is 9.66 Å². The van der Waals surface area contributed by atoms with E-state index in [1.807, 2.05) is 30.3 Å². The molecule has 0 aliphatic rings. The summed E-state index contributed by atoms with van der Waals surface area (Å²) in [5, 5.41) is 11.7. The number of nitrogens with one attached hydrogen (secondary N) is 1. The highest BCUT2D eigenvalue weighted by Crippen LogP contribution is 2.26. The Morgan fingerprint density at radius 1 is 1.12 bits per heavy atom. The fraction of sp³-hybridized carbons (Fsp3) is 0.118. The highest BCUT2D eigenvalue weighted by molar-refractivity contribution is 7.99. The molecule has 24 heavy (non-hydrogen) atoms. The minimum absolute atomic E-state index is 0.0214. The average molecular weight is 341 g/mol. The molecule has 0 fully saturated rings. The molecule has 0 atom stereocenters. The van der Waals surface area contributed by atoms with Crippen molar-refractivity contribution in [2.75, 3.05) is 12.4 Å². The lowest BCUT2D eigenvalue weighted by molar-refractivity contribution is -0.385. The van der Waals surface area contributed by atoms with Gasteiger partial charge in [0.05, 0.1) is 23.4 Å². The molecular weight excluding hydrogens is 326 g/mol. The molecule has 7 heteroatoms. The van der Waals surface area contributed by atoms with Gasteiger partial charge in [0.25, 0.3) is 0 Å². The second-order valence-corrected chi connectivity index (χ2v) is 5.97. The number of benzene rings is 2. The van der Waals surface area contributed by atoms with Crippen LogP contribution in [0.4, 0.5) is 5.69 Å². The quantitative estimate of drug-likeness (QED) is 0.302. The number of para-hydroxylation sites is 2. The molecule has 1 aromatic heterocycles. The summed E-state index contributed by atoms with van der Waals surface area (Å²) in [5.41, 5.74) is 2.01. The van der Waals surface area contributed by atoms with Gasteiger partial charge >= 0.3 is 5.69 Å². The SMILES string of the molecule is O=[N+]([O-])c1ccccc1OCCSc1ncc(-c2ccccc2)[nH]1. The summed E-state index contributed by atoms with van der Waals surface area (Å²) >= 11 is 1.51. The third kappa shape index (κ3) is 3.94. The van der Waals surface area contributed by atoms with E-state index in [0.717, 1.165) is 16.4 Å². The van der Waals surface area contributed by atoms with Gasteiger partial charge in [0.15, 0.2) is 10.9 Å². The highest BCUT2D eigenvalue weighted by atomic mass is 32.2. The molecule has 0 saturated heterocycles. The van der Waals surface area contributed by atoms with Crippen molar-refractivity contribution >= 4 is 17.4 Å². The van der Waals surface area contributed by atoms with Crippen LogP contribution in [0.3, 0.4) is 0 Å². The third-order valence-corrected chi connectivity index (χ3v) is 4.13. The van der Waals surface area contributed by atoms with Gasteiger partial charge in [-0.05, 0) is 11.6 Å². The first kappa shape index (κ1) is 16.1. The van der Waals surface area contributed by atoms with Crippen molar-refractivity contribution in [3.8, 4) is 17.0 Å². The molecule has 0 unspecified atom stereocenters.